The van der Waals surface area contributed by atoms with Gasteiger partial charge in [-0.3, -0.25) is 4.79 Å². The van der Waals surface area contributed by atoms with Crippen molar-refractivity contribution in [3.8, 4) is 28.3 Å². The van der Waals surface area contributed by atoms with Crippen molar-refractivity contribution >= 4 is 11.6 Å². The first-order valence-electron chi connectivity index (χ1n) is 11.0. The topological polar surface area (TPSA) is 88.7 Å². The molecule has 1 aliphatic heterocycles. The third kappa shape index (κ3) is 3.87. The lowest BCUT2D eigenvalue weighted by Gasteiger charge is -2.49. The van der Waals surface area contributed by atoms with Crippen LogP contribution in [0.2, 0.25) is 0 Å². The first-order valence-corrected chi connectivity index (χ1v) is 11.0. The standard InChI is InChI=1S/C26H26FN3O3/c1-25(32)15-26(28,16-25)19-9-7-18(8-10-19)23-20(17-5-3-2-4-6-17)13-21-24(29-23)33-14-22(31)30(21)12-11-27/h2-10,13,32H,11-12,14-16,28H2,1H3. The lowest BCUT2D eigenvalue weighted by Crippen LogP contribution is -2.58. The molecule has 0 atom stereocenters. The quantitative estimate of drug-likeness (QED) is 0.621. The monoisotopic (exact) mass is 447 g/mol. The highest BCUT2D eigenvalue weighted by atomic mass is 19.1. The maximum Gasteiger partial charge on any atom is 0.265 e. The highest BCUT2D eigenvalue weighted by molar-refractivity contribution is 5.99. The molecule has 2 aromatic carbocycles. The molecule has 0 bridgehead atoms. The van der Waals surface area contributed by atoms with Crippen molar-refractivity contribution in [2.24, 2.45) is 5.73 Å². The highest BCUT2D eigenvalue weighted by Crippen LogP contribution is 2.47. The van der Waals surface area contributed by atoms with Gasteiger partial charge in [-0.15, -0.1) is 0 Å². The number of ether oxygens (including phenoxy) is 1. The normalized spacial score (nSPS) is 24.1. The largest absolute Gasteiger partial charge is 0.466 e. The maximum atomic E-state index is 13.1. The van der Waals surface area contributed by atoms with Crippen LogP contribution in [0.1, 0.15) is 25.3 Å². The van der Waals surface area contributed by atoms with Crippen LogP contribution in [0.25, 0.3) is 22.4 Å². The number of carbonyl (C=O) groups excluding carboxylic acids is 1. The minimum Gasteiger partial charge on any atom is -0.466 e. The lowest BCUT2D eigenvalue weighted by atomic mass is 9.63. The summed E-state index contributed by atoms with van der Waals surface area (Å²) in [6.45, 7) is 0.940. The Labute approximate surface area is 191 Å². The first kappa shape index (κ1) is 21.6. The van der Waals surface area contributed by atoms with Crippen LogP contribution in [-0.4, -0.2) is 41.4 Å². The molecule has 33 heavy (non-hydrogen) atoms. The van der Waals surface area contributed by atoms with Crippen LogP contribution < -0.4 is 15.4 Å². The van der Waals surface area contributed by atoms with Crippen LogP contribution in [0, 0.1) is 0 Å². The average molecular weight is 448 g/mol. The summed E-state index contributed by atoms with van der Waals surface area (Å²) in [6.07, 6.45) is 1.02. The van der Waals surface area contributed by atoms with Gasteiger partial charge in [0, 0.05) is 16.7 Å². The van der Waals surface area contributed by atoms with Crippen molar-refractivity contribution in [2.75, 3.05) is 24.7 Å². The smallest absolute Gasteiger partial charge is 0.265 e. The number of fused-ring (bicyclic) bond motifs is 1. The van der Waals surface area contributed by atoms with Gasteiger partial charge in [0.05, 0.1) is 17.8 Å². The number of anilines is 1. The Balaban J connectivity index is 1.59. The number of hydrogen-bond donors (Lipinski definition) is 2. The summed E-state index contributed by atoms with van der Waals surface area (Å²) in [4.78, 5) is 18.5. The van der Waals surface area contributed by atoms with Crippen LogP contribution >= 0.6 is 0 Å². The molecule has 2 heterocycles. The Morgan fingerprint density at radius 3 is 2.45 bits per heavy atom. The van der Waals surface area contributed by atoms with E-state index in [4.69, 9.17) is 15.5 Å². The van der Waals surface area contributed by atoms with Crippen molar-refractivity contribution in [2.45, 2.75) is 30.9 Å². The van der Waals surface area contributed by atoms with Gasteiger partial charge in [-0.2, -0.15) is 0 Å². The minimum absolute atomic E-state index is 0.0402. The van der Waals surface area contributed by atoms with Crippen LogP contribution in [0.15, 0.2) is 60.7 Å². The zero-order chi connectivity index (χ0) is 23.2. The third-order valence-electron chi connectivity index (χ3n) is 6.41. The van der Waals surface area contributed by atoms with Crippen molar-refractivity contribution in [3.05, 3.63) is 66.2 Å². The fraction of sp³-hybridized carbons (Fsp3) is 0.308. The molecule has 2 aliphatic rings. The Hall–Kier alpha value is -3.29. The molecular weight excluding hydrogens is 421 g/mol. The van der Waals surface area contributed by atoms with Gasteiger partial charge in [0.15, 0.2) is 6.61 Å². The van der Waals surface area contributed by atoms with Gasteiger partial charge in [-0.1, -0.05) is 54.6 Å². The second-order valence-electron chi connectivity index (χ2n) is 9.18. The number of benzene rings is 2. The molecule has 6 nitrogen and oxygen atoms in total. The third-order valence-corrected chi connectivity index (χ3v) is 6.41. The SMILES string of the molecule is CC1(O)CC(N)(c2ccc(-c3nc4c(cc3-c3ccccc3)N(CCF)C(=O)CO4)cc2)C1. The summed E-state index contributed by atoms with van der Waals surface area (Å²) in [7, 11) is 0. The number of nitrogens with zero attached hydrogens (tertiary/aromatic N) is 2. The van der Waals surface area contributed by atoms with Crippen molar-refractivity contribution in [1.82, 2.24) is 4.98 Å². The van der Waals surface area contributed by atoms with Crippen LogP contribution in [-0.2, 0) is 10.3 Å². The molecule has 0 saturated heterocycles. The molecule has 7 heteroatoms. The summed E-state index contributed by atoms with van der Waals surface area (Å²) in [5.74, 6) is 0.0230. The summed E-state index contributed by atoms with van der Waals surface area (Å²) in [5.41, 5.74) is 9.98. The van der Waals surface area contributed by atoms with E-state index in [-0.39, 0.29) is 19.1 Å². The molecule has 1 amide bonds. The van der Waals surface area contributed by atoms with Gasteiger partial charge < -0.3 is 20.5 Å². The highest BCUT2D eigenvalue weighted by Gasteiger charge is 2.49. The summed E-state index contributed by atoms with van der Waals surface area (Å²) in [6, 6.07) is 19.5. The van der Waals surface area contributed by atoms with E-state index in [9.17, 15) is 14.3 Å². The summed E-state index contributed by atoms with van der Waals surface area (Å²) < 4.78 is 18.8. The summed E-state index contributed by atoms with van der Waals surface area (Å²) in [5, 5.41) is 10.1. The van der Waals surface area contributed by atoms with E-state index in [1.165, 1.54) is 4.90 Å². The van der Waals surface area contributed by atoms with E-state index in [1.54, 1.807) is 6.92 Å². The number of carbonyl (C=O) groups is 1. The Kier molecular flexibility index (Phi) is 5.18. The predicted octanol–water partition coefficient (Wildman–Crippen LogP) is 3.81. The molecule has 0 unspecified atom stereocenters. The van der Waals surface area contributed by atoms with E-state index in [1.807, 2.05) is 60.7 Å². The molecule has 1 aromatic heterocycles. The zero-order valence-corrected chi connectivity index (χ0v) is 18.4. The summed E-state index contributed by atoms with van der Waals surface area (Å²) >= 11 is 0. The van der Waals surface area contributed by atoms with Crippen LogP contribution in [0.4, 0.5) is 10.1 Å². The number of rotatable bonds is 5. The number of pyridine rings is 1. The minimum atomic E-state index is -0.728. The fourth-order valence-corrected chi connectivity index (χ4v) is 4.99. The zero-order valence-electron chi connectivity index (χ0n) is 18.4. The van der Waals surface area contributed by atoms with Crippen LogP contribution in [0.5, 0.6) is 5.88 Å². The lowest BCUT2D eigenvalue weighted by molar-refractivity contribution is -0.121. The second kappa shape index (κ2) is 7.93. The van der Waals surface area contributed by atoms with Crippen molar-refractivity contribution in [3.63, 3.8) is 0 Å². The van der Waals surface area contributed by atoms with Gasteiger partial charge in [0.2, 0.25) is 5.88 Å². The molecular formula is C26H26FN3O3. The van der Waals surface area contributed by atoms with Gasteiger partial charge >= 0.3 is 0 Å². The number of aliphatic hydroxyl groups is 1. The molecule has 1 fully saturated rings. The molecule has 0 spiro atoms. The average Bonchev–Trinajstić information content (AvgIpc) is 2.79. The Morgan fingerprint density at radius 1 is 1.12 bits per heavy atom. The number of amides is 1. The second-order valence-corrected chi connectivity index (χ2v) is 9.18. The molecule has 3 aromatic rings. The van der Waals surface area contributed by atoms with E-state index in [0.717, 1.165) is 22.3 Å². The number of nitrogens with two attached hydrogens (primary N) is 1. The van der Waals surface area contributed by atoms with Gasteiger partial charge in [-0.25, -0.2) is 9.37 Å². The van der Waals surface area contributed by atoms with E-state index in [2.05, 4.69) is 0 Å². The van der Waals surface area contributed by atoms with Gasteiger partial charge in [-0.05, 0) is 37.0 Å². The fourth-order valence-electron chi connectivity index (χ4n) is 4.99. The number of hydrogen-bond acceptors (Lipinski definition) is 5. The van der Waals surface area contributed by atoms with Gasteiger partial charge in [0.25, 0.3) is 5.91 Å². The van der Waals surface area contributed by atoms with Crippen molar-refractivity contribution in [1.29, 1.82) is 0 Å². The first-order chi connectivity index (χ1) is 15.8. The number of alkyl halides is 1. The Bertz CT molecular complexity index is 1190. The maximum absolute atomic E-state index is 13.1. The van der Waals surface area contributed by atoms with E-state index in [0.29, 0.717) is 30.1 Å². The Morgan fingerprint density at radius 2 is 1.82 bits per heavy atom. The molecule has 0 radical (unpaired) electrons. The number of aromatic nitrogens is 1. The molecule has 3 N–H and O–H groups in total. The van der Waals surface area contributed by atoms with E-state index >= 15 is 0 Å². The molecule has 1 saturated carbocycles. The van der Waals surface area contributed by atoms with E-state index < -0.39 is 17.8 Å². The van der Waals surface area contributed by atoms with Gasteiger partial charge in [0.1, 0.15) is 12.4 Å². The molecule has 5 rings (SSSR count). The number of halogens is 1. The van der Waals surface area contributed by atoms with Crippen LogP contribution in [0.3, 0.4) is 0 Å². The molecule has 1 aliphatic carbocycles. The molecule has 170 valence electrons. The van der Waals surface area contributed by atoms with Crippen molar-refractivity contribution < 1.29 is 19.0 Å². The predicted molar refractivity (Wildman–Crippen MR) is 125 cm³/mol.